The summed E-state index contributed by atoms with van der Waals surface area (Å²) in [7, 11) is -1.06. The Labute approximate surface area is 189 Å². The van der Waals surface area contributed by atoms with Crippen molar-refractivity contribution in [1.82, 2.24) is 15.1 Å². The number of urea groups is 1. The van der Waals surface area contributed by atoms with Crippen molar-refractivity contribution in [1.29, 1.82) is 0 Å². The van der Waals surface area contributed by atoms with Gasteiger partial charge in [0, 0.05) is 5.56 Å². The van der Waals surface area contributed by atoms with Gasteiger partial charge in [0.1, 0.15) is 5.82 Å². The zero-order valence-electron chi connectivity index (χ0n) is 19.6. The van der Waals surface area contributed by atoms with Crippen molar-refractivity contribution in [3.05, 3.63) is 40.8 Å². The molecule has 2 aliphatic rings. The fraction of sp³-hybridized carbons (Fsp3) is 0.522. The highest BCUT2D eigenvalue weighted by Crippen LogP contribution is 2.64. The van der Waals surface area contributed by atoms with Gasteiger partial charge >= 0.3 is 6.03 Å². The van der Waals surface area contributed by atoms with Crippen molar-refractivity contribution in [2.45, 2.75) is 56.9 Å². The van der Waals surface area contributed by atoms with Gasteiger partial charge in [0.25, 0.3) is 0 Å². The van der Waals surface area contributed by atoms with Gasteiger partial charge < -0.3 is 15.5 Å². The standard InChI is InChI=1S/C23H32FN5O2S/c1-7-14-9-8-10-16(24)17(14)25-21(31)29-13-15-18(22(29,2)3)27-28-19(15)26-20(30)23(11-12-23)32(4,5)6/h8-10H,7,11-13H2,1-6H3,(H,25,31)(H2,26,27,28,30). The largest absolute Gasteiger partial charge is 0.323 e. The van der Waals surface area contributed by atoms with Gasteiger partial charge in [-0.2, -0.15) is 5.10 Å². The van der Waals surface area contributed by atoms with Crippen LogP contribution in [0, 0.1) is 5.82 Å². The molecule has 1 aromatic heterocycles. The fourth-order valence-corrected chi connectivity index (χ4v) is 6.51. The number of aromatic nitrogens is 2. The van der Waals surface area contributed by atoms with Crippen LogP contribution in [0.25, 0.3) is 0 Å². The predicted octanol–water partition coefficient (Wildman–Crippen LogP) is 4.56. The minimum atomic E-state index is -1.06. The number of carbonyl (C=O) groups is 2. The van der Waals surface area contributed by atoms with Crippen molar-refractivity contribution in [3.63, 3.8) is 0 Å². The third kappa shape index (κ3) is 3.46. The van der Waals surface area contributed by atoms with Gasteiger partial charge in [-0.1, -0.05) is 19.1 Å². The van der Waals surface area contributed by atoms with Crippen LogP contribution >= 0.6 is 10.0 Å². The Kier molecular flexibility index (Phi) is 5.31. The number of anilines is 2. The van der Waals surface area contributed by atoms with Gasteiger partial charge in [0.05, 0.1) is 28.2 Å². The second kappa shape index (κ2) is 7.50. The monoisotopic (exact) mass is 461 g/mol. The Balaban J connectivity index is 1.56. The third-order valence-electron chi connectivity index (χ3n) is 6.95. The number of nitrogens with zero attached hydrogens (tertiary/aromatic N) is 2. The van der Waals surface area contributed by atoms with Crippen molar-refractivity contribution in [2.75, 3.05) is 29.4 Å². The van der Waals surface area contributed by atoms with E-state index in [4.69, 9.17) is 0 Å². The molecule has 174 valence electrons. The van der Waals surface area contributed by atoms with Crippen LogP contribution in [-0.2, 0) is 23.3 Å². The lowest BCUT2D eigenvalue weighted by atomic mass is 10.0. The summed E-state index contributed by atoms with van der Waals surface area (Å²) in [6.45, 7) is 6.01. The summed E-state index contributed by atoms with van der Waals surface area (Å²) in [5.74, 6) is 0.0274. The Morgan fingerprint density at radius 3 is 2.50 bits per heavy atom. The van der Waals surface area contributed by atoms with Gasteiger partial charge in [0.15, 0.2) is 5.82 Å². The quantitative estimate of drug-likeness (QED) is 0.610. The summed E-state index contributed by atoms with van der Waals surface area (Å²) in [5.41, 5.74) is 1.83. The summed E-state index contributed by atoms with van der Waals surface area (Å²) in [5, 5.41) is 13.2. The number of amides is 3. The van der Waals surface area contributed by atoms with Gasteiger partial charge in [-0.05, 0) is 63.5 Å². The number of hydrogen-bond acceptors (Lipinski definition) is 3. The van der Waals surface area contributed by atoms with Crippen molar-refractivity contribution in [3.8, 4) is 0 Å². The lowest BCUT2D eigenvalue weighted by Gasteiger charge is -2.35. The molecule has 9 heteroatoms. The normalized spacial score (nSPS) is 18.8. The molecule has 1 aromatic carbocycles. The Bertz CT molecular complexity index is 1080. The van der Waals surface area contributed by atoms with Crippen LogP contribution in [0.3, 0.4) is 0 Å². The second-order valence-corrected chi connectivity index (χ2v) is 14.4. The molecule has 7 nitrogen and oxygen atoms in total. The van der Waals surface area contributed by atoms with E-state index in [9.17, 15) is 14.0 Å². The maximum atomic E-state index is 14.4. The number of fused-ring (bicyclic) bond motifs is 1. The molecule has 3 N–H and O–H groups in total. The van der Waals surface area contributed by atoms with E-state index in [1.807, 2.05) is 20.8 Å². The molecule has 0 radical (unpaired) electrons. The van der Waals surface area contributed by atoms with Crippen LogP contribution in [0.5, 0.6) is 0 Å². The first-order valence-corrected chi connectivity index (χ1v) is 13.7. The lowest BCUT2D eigenvalue weighted by molar-refractivity contribution is -0.116. The molecule has 3 amide bonds. The molecule has 2 heterocycles. The highest BCUT2D eigenvalue weighted by Gasteiger charge is 2.56. The molecule has 0 bridgehead atoms. The van der Waals surface area contributed by atoms with Gasteiger partial charge in [-0.25, -0.2) is 19.2 Å². The van der Waals surface area contributed by atoms with Gasteiger partial charge in [-0.15, -0.1) is 0 Å². The van der Waals surface area contributed by atoms with Crippen LogP contribution in [0.2, 0.25) is 0 Å². The van der Waals surface area contributed by atoms with E-state index in [1.165, 1.54) is 6.07 Å². The number of benzene rings is 1. The van der Waals surface area contributed by atoms with Crippen LogP contribution in [0.1, 0.15) is 50.4 Å². The Morgan fingerprint density at radius 1 is 1.22 bits per heavy atom. The number of para-hydroxylation sites is 1. The molecule has 1 aliphatic carbocycles. The molecule has 4 rings (SSSR count). The Morgan fingerprint density at radius 2 is 1.91 bits per heavy atom. The molecular formula is C23H32FN5O2S. The first-order valence-electron chi connectivity index (χ1n) is 10.9. The average molecular weight is 462 g/mol. The molecule has 0 spiro atoms. The van der Waals surface area contributed by atoms with Gasteiger partial charge in [-0.3, -0.25) is 9.89 Å². The van der Waals surface area contributed by atoms with E-state index in [2.05, 4.69) is 39.6 Å². The number of aromatic amines is 1. The summed E-state index contributed by atoms with van der Waals surface area (Å²) in [6.07, 6.45) is 8.89. The smallest absolute Gasteiger partial charge is 0.309 e. The minimum Gasteiger partial charge on any atom is -0.309 e. The third-order valence-corrected chi connectivity index (χ3v) is 9.89. The molecule has 2 aromatic rings. The number of rotatable bonds is 5. The predicted molar refractivity (Wildman–Crippen MR) is 128 cm³/mol. The van der Waals surface area contributed by atoms with Crippen LogP contribution < -0.4 is 10.6 Å². The fourth-order valence-electron chi connectivity index (χ4n) is 4.58. The topological polar surface area (TPSA) is 90.1 Å². The van der Waals surface area contributed by atoms with Crippen LogP contribution in [0.4, 0.5) is 20.7 Å². The zero-order chi connectivity index (χ0) is 23.5. The van der Waals surface area contributed by atoms with Gasteiger partial charge in [0.2, 0.25) is 5.91 Å². The summed E-state index contributed by atoms with van der Waals surface area (Å²) < 4.78 is 14.1. The number of aryl methyl sites for hydroxylation is 1. The molecule has 1 saturated carbocycles. The molecule has 1 fully saturated rings. The number of nitrogens with one attached hydrogen (secondary N) is 3. The summed E-state index contributed by atoms with van der Waals surface area (Å²) >= 11 is 0. The maximum absolute atomic E-state index is 14.4. The molecule has 0 atom stereocenters. The van der Waals surface area contributed by atoms with E-state index in [0.717, 1.165) is 29.7 Å². The first kappa shape index (κ1) is 22.6. The van der Waals surface area contributed by atoms with Crippen molar-refractivity contribution < 1.29 is 14.0 Å². The molecule has 0 saturated heterocycles. The SMILES string of the molecule is CCc1cccc(F)c1NC(=O)N1Cc2c(NC(=O)C3(S(C)(C)C)CC3)n[nH]c2C1(C)C. The highest BCUT2D eigenvalue weighted by molar-refractivity contribution is 8.34. The van der Waals surface area contributed by atoms with Crippen molar-refractivity contribution in [2.24, 2.45) is 0 Å². The van der Waals surface area contributed by atoms with E-state index < -0.39 is 27.4 Å². The highest BCUT2D eigenvalue weighted by atomic mass is 32.3. The number of hydrogen-bond donors (Lipinski definition) is 3. The van der Waals surface area contributed by atoms with E-state index >= 15 is 0 Å². The molecule has 32 heavy (non-hydrogen) atoms. The summed E-state index contributed by atoms with van der Waals surface area (Å²) in [6, 6.07) is 4.39. The second-order valence-electron chi connectivity index (χ2n) is 9.91. The minimum absolute atomic E-state index is 0.00829. The molecule has 1 aliphatic heterocycles. The maximum Gasteiger partial charge on any atom is 0.323 e. The lowest BCUT2D eigenvalue weighted by Crippen LogP contribution is -2.43. The number of carbonyl (C=O) groups excluding carboxylic acids is 2. The number of H-pyrrole nitrogens is 1. The summed E-state index contributed by atoms with van der Waals surface area (Å²) in [4.78, 5) is 27.9. The van der Waals surface area contributed by atoms with E-state index in [0.29, 0.717) is 12.2 Å². The molecular weight excluding hydrogens is 429 g/mol. The van der Waals surface area contributed by atoms with Crippen LogP contribution in [0.15, 0.2) is 18.2 Å². The first-order chi connectivity index (χ1) is 14.9. The van der Waals surface area contributed by atoms with E-state index in [-0.39, 0.29) is 22.9 Å². The zero-order valence-corrected chi connectivity index (χ0v) is 20.4. The average Bonchev–Trinajstić information content (AvgIpc) is 3.38. The van der Waals surface area contributed by atoms with E-state index in [1.54, 1.807) is 17.0 Å². The van der Waals surface area contributed by atoms with Crippen molar-refractivity contribution >= 4 is 33.5 Å². The van der Waals surface area contributed by atoms with Crippen LogP contribution in [-0.4, -0.2) is 50.5 Å². The number of halogens is 1. The molecule has 0 unspecified atom stereocenters. The Hall–Kier alpha value is -2.55.